The van der Waals surface area contributed by atoms with Gasteiger partial charge in [-0.1, -0.05) is 28.1 Å². The van der Waals surface area contributed by atoms with Gasteiger partial charge in [-0.2, -0.15) is 0 Å². The van der Waals surface area contributed by atoms with E-state index in [1.807, 2.05) is 24.3 Å². The topological polar surface area (TPSA) is 55.6 Å². The van der Waals surface area contributed by atoms with Crippen molar-refractivity contribution in [1.29, 1.82) is 0 Å². The van der Waals surface area contributed by atoms with Crippen LogP contribution in [0.1, 0.15) is 17.9 Å². The van der Waals surface area contributed by atoms with E-state index in [4.69, 9.17) is 4.74 Å². The smallest absolute Gasteiger partial charge is 0.313 e. The molecule has 3 rings (SSSR count). The molecule has 0 spiro atoms. The van der Waals surface area contributed by atoms with Crippen LogP contribution < -0.4 is 9.64 Å². The monoisotopic (exact) mass is 426 g/mol. The second-order valence-electron chi connectivity index (χ2n) is 6.14. The van der Waals surface area contributed by atoms with Crippen LogP contribution in [0.2, 0.25) is 0 Å². The van der Waals surface area contributed by atoms with E-state index in [2.05, 4.69) is 15.9 Å². The van der Waals surface area contributed by atoms with E-state index in [1.54, 1.807) is 4.90 Å². The first-order valence-electron chi connectivity index (χ1n) is 8.07. The standard InChI is InChI=1S/C18H17BrF2N2O3/c1-26-18-9-16(14(20)8-17(18)23(24)25)22-7-6-13(15(21)10-22)11-2-4-12(19)5-3-11/h2-5,8-9,13,15H,6-7,10H2,1H3/t13-,15-/m1/s1. The Morgan fingerprint density at radius 3 is 2.58 bits per heavy atom. The molecule has 2 atom stereocenters. The molecule has 0 N–H and O–H groups in total. The lowest BCUT2D eigenvalue weighted by Crippen LogP contribution is -2.41. The van der Waals surface area contributed by atoms with Gasteiger partial charge in [0.25, 0.3) is 0 Å². The number of anilines is 1. The van der Waals surface area contributed by atoms with Gasteiger partial charge < -0.3 is 9.64 Å². The van der Waals surface area contributed by atoms with E-state index in [0.717, 1.165) is 16.1 Å². The number of rotatable bonds is 4. The molecular formula is C18H17BrF2N2O3. The molecular weight excluding hydrogens is 410 g/mol. The number of hydrogen-bond donors (Lipinski definition) is 0. The van der Waals surface area contributed by atoms with E-state index in [0.29, 0.717) is 13.0 Å². The highest BCUT2D eigenvalue weighted by atomic mass is 79.9. The van der Waals surface area contributed by atoms with Gasteiger partial charge in [0.05, 0.1) is 23.8 Å². The predicted molar refractivity (Wildman–Crippen MR) is 98.2 cm³/mol. The lowest BCUT2D eigenvalue weighted by Gasteiger charge is -2.36. The maximum absolute atomic E-state index is 14.8. The highest BCUT2D eigenvalue weighted by molar-refractivity contribution is 9.10. The van der Waals surface area contributed by atoms with Crippen LogP contribution in [0.25, 0.3) is 0 Å². The molecule has 5 nitrogen and oxygen atoms in total. The normalized spacial score (nSPS) is 20.1. The molecule has 1 aliphatic heterocycles. The summed E-state index contributed by atoms with van der Waals surface area (Å²) < 4.78 is 35.1. The molecule has 1 saturated heterocycles. The summed E-state index contributed by atoms with van der Waals surface area (Å²) in [6, 6.07) is 9.59. The fraction of sp³-hybridized carbons (Fsp3) is 0.333. The van der Waals surface area contributed by atoms with Gasteiger partial charge in [-0.05, 0) is 24.1 Å². The lowest BCUT2D eigenvalue weighted by atomic mass is 9.88. The third kappa shape index (κ3) is 3.65. The van der Waals surface area contributed by atoms with Crippen LogP contribution in [0.3, 0.4) is 0 Å². The Bertz CT molecular complexity index is 817. The van der Waals surface area contributed by atoms with E-state index < -0.39 is 22.6 Å². The average Bonchev–Trinajstić information content (AvgIpc) is 2.62. The first kappa shape index (κ1) is 18.6. The van der Waals surface area contributed by atoms with Crippen molar-refractivity contribution in [2.24, 2.45) is 0 Å². The van der Waals surface area contributed by atoms with Crippen molar-refractivity contribution in [3.8, 4) is 5.75 Å². The van der Waals surface area contributed by atoms with Crippen LogP contribution in [0.15, 0.2) is 40.9 Å². The first-order chi connectivity index (χ1) is 12.4. The number of nitro benzene ring substituents is 1. The highest BCUT2D eigenvalue weighted by Crippen LogP contribution is 2.38. The number of nitrogens with zero attached hydrogens (tertiary/aromatic N) is 2. The van der Waals surface area contributed by atoms with Crippen LogP contribution in [0, 0.1) is 15.9 Å². The third-order valence-corrected chi connectivity index (χ3v) is 5.15. The number of methoxy groups -OCH3 is 1. The molecule has 0 amide bonds. The van der Waals surface area contributed by atoms with E-state index in [1.165, 1.54) is 13.2 Å². The van der Waals surface area contributed by atoms with Crippen LogP contribution in [0.4, 0.5) is 20.2 Å². The average molecular weight is 427 g/mol. The number of ether oxygens (including phenoxy) is 1. The van der Waals surface area contributed by atoms with Gasteiger partial charge in [0.1, 0.15) is 6.17 Å². The molecule has 1 aliphatic rings. The Kier molecular flexibility index (Phi) is 5.41. The molecule has 8 heteroatoms. The van der Waals surface area contributed by atoms with Crippen molar-refractivity contribution < 1.29 is 18.4 Å². The zero-order chi connectivity index (χ0) is 18.8. The second kappa shape index (κ2) is 7.57. The number of piperidine rings is 1. The Hall–Kier alpha value is -2.22. The molecule has 0 aromatic heterocycles. The molecule has 1 fully saturated rings. The molecule has 0 unspecified atom stereocenters. The Labute approximate surface area is 157 Å². The molecule has 0 bridgehead atoms. The molecule has 0 saturated carbocycles. The maximum Gasteiger partial charge on any atom is 0.313 e. The maximum atomic E-state index is 14.8. The van der Waals surface area contributed by atoms with Gasteiger partial charge in [0.2, 0.25) is 0 Å². The molecule has 1 heterocycles. The Morgan fingerprint density at radius 2 is 2.00 bits per heavy atom. The summed E-state index contributed by atoms with van der Waals surface area (Å²) in [4.78, 5) is 11.8. The minimum absolute atomic E-state index is 0.0125. The van der Waals surface area contributed by atoms with Crippen LogP contribution >= 0.6 is 15.9 Å². The van der Waals surface area contributed by atoms with Gasteiger partial charge in [0, 0.05) is 29.5 Å². The zero-order valence-electron chi connectivity index (χ0n) is 14.0. The molecule has 0 aliphatic carbocycles. The van der Waals surface area contributed by atoms with Crippen molar-refractivity contribution in [3.05, 3.63) is 62.4 Å². The number of nitro groups is 1. The third-order valence-electron chi connectivity index (χ3n) is 4.63. The van der Waals surface area contributed by atoms with Crippen molar-refractivity contribution in [2.75, 3.05) is 25.1 Å². The fourth-order valence-electron chi connectivity index (χ4n) is 3.29. The molecule has 0 radical (unpaired) electrons. The summed E-state index contributed by atoms with van der Waals surface area (Å²) in [6.45, 7) is 0.456. The van der Waals surface area contributed by atoms with Gasteiger partial charge >= 0.3 is 5.69 Å². The van der Waals surface area contributed by atoms with Crippen LogP contribution in [-0.4, -0.2) is 31.3 Å². The number of halogens is 3. The summed E-state index contributed by atoms with van der Waals surface area (Å²) in [5, 5.41) is 11.0. The van der Waals surface area contributed by atoms with E-state index in [-0.39, 0.29) is 23.9 Å². The van der Waals surface area contributed by atoms with Crippen LogP contribution in [0.5, 0.6) is 5.75 Å². The number of benzene rings is 2. The lowest BCUT2D eigenvalue weighted by molar-refractivity contribution is -0.385. The quantitative estimate of drug-likeness (QED) is 0.518. The summed E-state index contributed by atoms with van der Waals surface area (Å²) in [6.07, 6.45) is -0.660. The summed E-state index contributed by atoms with van der Waals surface area (Å²) in [7, 11) is 1.28. The van der Waals surface area contributed by atoms with E-state index in [9.17, 15) is 18.9 Å². The van der Waals surface area contributed by atoms with Crippen molar-refractivity contribution in [1.82, 2.24) is 0 Å². The minimum Gasteiger partial charge on any atom is -0.490 e. The summed E-state index contributed by atoms with van der Waals surface area (Å²) in [5.41, 5.74) is 0.571. The van der Waals surface area contributed by atoms with Gasteiger partial charge in [-0.15, -0.1) is 0 Å². The first-order valence-corrected chi connectivity index (χ1v) is 8.86. The predicted octanol–water partition coefficient (Wildman–Crippen LogP) is 4.84. The number of hydrogen-bond acceptors (Lipinski definition) is 4. The molecule has 2 aromatic carbocycles. The highest BCUT2D eigenvalue weighted by Gasteiger charge is 2.32. The van der Waals surface area contributed by atoms with Crippen LogP contribution in [-0.2, 0) is 0 Å². The van der Waals surface area contributed by atoms with E-state index >= 15 is 0 Å². The number of alkyl halides is 1. The summed E-state index contributed by atoms with van der Waals surface area (Å²) >= 11 is 3.36. The molecule has 26 heavy (non-hydrogen) atoms. The van der Waals surface area contributed by atoms with Crippen molar-refractivity contribution in [3.63, 3.8) is 0 Å². The van der Waals surface area contributed by atoms with Gasteiger partial charge in [-0.25, -0.2) is 8.78 Å². The van der Waals surface area contributed by atoms with Crippen molar-refractivity contribution >= 4 is 27.3 Å². The zero-order valence-corrected chi connectivity index (χ0v) is 15.6. The second-order valence-corrected chi connectivity index (χ2v) is 7.06. The summed E-state index contributed by atoms with van der Waals surface area (Å²) in [5.74, 6) is -1.06. The molecule has 138 valence electrons. The fourth-order valence-corrected chi connectivity index (χ4v) is 3.55. The Morgan fingerprint density at radius 1 is 1.31 bits per heavy atom. The largest absolute Gasteiger partial charge is 0.490 e. The molecule has 2 aromatic rings. The van der Waals surface area contributed by atoms with Gasteiger partial charge in [-0.3, -0.25) is 10.1 Å². The Balaban J connectivity index is 1.82. The van der Waals surface area contributed by atoms with Gasteiger partial charge in [0.15, 0.2) is 11.6 Å². The SMILES string of the molecule is COc1cc(N2CC[C@H](c3ccc(Br)cc3)[C@H](F)C2)c(F)cc1[N+](=O)[O-]. The minimum atomic E-state index is -1.18. The van der Waals surface area contributed by atoms with Crippen molar-refractivity contribution in [2.45, 2.75) is 18.5 Å².